The number of urea groups is 1. The number of benzene rings is 1. The summed E-state index contributed by atoms with van der Waals surface area (Å²) in [5.74, 6) is 0.785. The fraction of sp³-hybridized carbons (Fsp3) is 0.353. The number of carbonyl (C=O) groups excluding carboxylic acids is 1. The van der Waals surface area contributed by atoms with Gasteiger partial charge in [-0.2, -0.15) is 0 Å². The molecule has 1 N–H and O–H groups in total. The van der Waals surface area contributed by atoms with Gasteiger partial charge in [0.25, 0.3) is 0 Å². The molecule has 0 radical (unpaired) electrons. The SMILES string of the molecule is C=CCNC(=O)N1CCC(c2nnc(-c3ccc(F)cc3)o2)CC1. The van der Waals surface area contributed by atoms with Crippen molar-refractivity contribution in [1.82, 2.24) is 20.4 Å². The van der Waals surface area contributed by atoms with E-state index in [9.17, 15) is 9.18 Å². The Kier molecular flexibility index (Phi) is 4.88. The fourth-order valence-corrected chi connectivity index (χ4v) is 2.71. The van der Waals surface area contributed by atoms with Crippen molar-refractivity contribution >= 4 is 6.03 Å². The van der Waals surface area contributed by atoms with Crippen LogP contribution in [0.15, 0.2) is 41.3 Å². The van der Waals surface area contributed by atoms with E-state index in [4.69, 9.17) is 4.42 Å². The quantitative estimate of drug-likeness (QED) is 0.875. The van der Waals surface area contributed by atoms with E-state index in [0.29, 0.717) is 37.0 Å². The lowest BCUT2D eigenvalue weighted by Crippen LogP contribution is -2.44. The number of rotatable bonds is 4. The average molecular weight is 330 g/mol. The van der Waals surface area contributed by atoms with Gasteiger partial charge in [0, 0.05) is 31.1 Å². The maximum absolute atomic E-state index is 13.0. The van der Waals surface area contributed by atoms with Crippen LogP contribution in [-0.4, -0.2) is 40.8 Å². The molecular weight excluding hydrogens is 311 g/mol. The molecule has 0 saturated carbocycles. The number of hydrogen-bond acceptors (Lipinski definition) is 4. The van der Waals surface area contributed by atoms with Crippen LogP contribution in [0.25, 0.3) is 11.5 Å². The second-order valence-corrected chi connectivity index (χ2v) is 5.69. The topological polar surface area (TPSA) is 71.3 Å². The van der Waals surface area contributed by atoms with Gasteiger partial charge in [-0.3, -0.25) is 0 Å². The summed E-state index contributed by atoms with van der Waals surface area (Å²) in [6.07, 6.45) is 3.19. The van der Waals surface area contributed by atoms with Crippen molar-refractivity contribution in [3.8, 4) is 11.5 Å². The number of hydrogen-bond donors (Lipinski definition) is 1. The minimum Gasteiger partial charge on any atom is -0.420 e. The maximum atomic E-state index is 13.0. The number of aromatic nitrogens is 2. The van der Waals surface area contributed by atoms with E-state index in [1.165, 1.54) is 12.1 Å². The molecule has 126 valence electrons. The minimum absolute atomic E-state index is 0.0779. The van der Waals surface area contributed by atoms with Crippen LogP contribution < -0.4 is 5.32 Å². The molecular formula is C17H19FN4O2. The van der Waals surface area contributed by atoms with Gasteiger partial charge in [0.15, 0.2) is 0 Å². The Hall–Kier alpha value is -2.70. The molecule has 1 saturated heterocycles. The molecule has 24 heavy (non-hydrogen) atoms. The minimum atomic E-state index is -0.305. The predicted molar refractivity (Wildman–Crippen MR) is 86.8 cm³/mol. The zero-order valence-electron chi connectivity index (χ0n) is 13.2. The van der Waals surface area contributed by atoms with E-state index >= 15 is 0 Å². The van der Waals surface area contributed by atoms with Gasteiger partial charge < -0.3 is 14.6 Å². The molecule has 0 bridgehead atoms. The molecule has 0 atom stereocenters. The van der Waals surface area contributed by atoms with Gasteiger partial charge in [0.05, 0.1) is 0 Å². The van der Waals surface area contributed by atoms with Gasteiger partial charge in [0.1, 0.15) is 5.82 Å². The van der Waals surface area contributed by atoms with Crippen LogP contribution in [0, 0.1) is 5.82 Å². The summed E-state index contributed by atoms with van der Waals surface area (Å²) < 4.78 is 18.7. The van der Waals surface area contributed by atoms with E-state index in [2.05, 4.69) is 22.1 Å². The van der Waals surface area contributed by atoms with Crippen molar-refractivity contribution in [3.05, 3.63) is 48.6 Å². The molecule has 3 rings (SSSR count). The first-order valence-corrected chi connectivity index (χ1v) is 7.90. The maximum Gasteiger partial charge on any atom is 0.317 e. The van der Waals surface area contributed by atoms with Crippen molar-refractivity contribution in [2.75, 3.05) is 19.6 Å². The van der Waals surface area contributed by atoms with Gasteiger partial charge in [-0.15, -0.1) is 16.8 Å². The Morgan fingerprint density at radius 3 is 2.71 bits per heavy atom. The highest BCUT2D eigenvalue weighted by molar-refractivity contribution is 5.74. The number of halogens is 1. The lowest BCUT2D eigenvalue weighted by molar-refractivity contribution is 0.178. The molecule has 1 fully saturated rings. The molecule has 2 heterocycles. The van der Waals surface area contributed by atoms with Crippen molar-refractivity contribution in [3.63, 3.8) is 0 Å². The van der Waals surface area contributed by atoms with E-state index in [-0.39, 0.29) is 17.8 Å². The summed E-state index contributed by atoms with van der Waals surface area (Å²) in [6, 6.07) is 5.86. The number of piperidine rings is 1. The Labute approximate surface area is 139 Å². The second-order valence-electron chi connectivity index (χ2n) is 5.69. The van der Waals surface area contributed by atoms with Crippen molar-refractivity contribution in [2.45, 2.75) is 18.8 Å². The van der Waals surface area contributed by atoms with E-state index in [1.807, 2.05) is 0 Å². The number of nitrogens with zero attached hydrogens (tertiary/aromatic N) is 3. The monoisotopic (exact) mass is 330 g/mol. The van der Waals surface area contributed by atoms with E-state index in [1.54, 1.807) is 23.1 Å². The Balaban J connectivity index is 1.60. The largest absolute Gasteiger partial charge is 0.420 e. The normalized spacial score (nSPS) is 15.3. The summed E-state index contributed by atoms with van der Waals surface area (Å²) in [5, 5.41) is 10.9. The molecule has 0 unspecified atom stereocenters. The van der Waals surface area contributed by atoms with Gasteiger partial charge in [0.2, 0.25) is 11.8 Å². The number of amides is 2. The predicted octanol–water partition coefficient (Wildman–Crippen LogP) is 2.95. The van der Waals surface area contributed by atoms with Gasteiger partial charge in [-0.25, -0.2) is 9.18 Å². The van der Waals surface area contributed by atoms with Crippen LogP contribution in [0.5, 0.6) is 0 Å². The highest BCUT2D eigenvalue weighted by atomic mass is 19.1. The first kappa shape index (κ1) is 16.2. The smallest absolute Gasteiger partial charge is 0.317 e. The van der Waals surface area contributed by atoms with E-state index < -0.39 is 0 Å². The summed E-state index contributed by atoms with van der Waals surface area (Å²) in [5.41, 5.74) is 0.691. The van der Waals surface area contributed by atoms with Crippen LogP contribution >= 0.6 is 0 Å². The third-order valence-corrected chi connectivity index (χ3v) is 4.06. The zero-order chi connectivity index (χ0) is 16.9. The first-order valence-electron chi connectivity index (χ1n) is 7.90. The highest BCUT2D eigenvalue weighted by Gasteiger charge is 2.27. The first-order chi connectivity index (χ1) is 11.7. The third kappa shape index (κ3) is 3.61. The summed E-state index contributed by atoms with van der Waals surface area (Å²) >= 11 is 0. The van der Waals surface area contributed by atoms with Crippen LogP contribution in [-0.2, 0) is 0 Å². The number of nitrogens with one attached hydrogen (secondary N) is 1. The molecule has 6 nitrogen and oxygen atoms in total. The molecule has 1 aliphatic rings. The van der Waals surface area contributed by atoms with E-state index in [0.717, 1.165) is 12.8 Å². The molecule has 1 aliphatic heterocycles. The molecule has 0 aliphatic carbocycles. The van der Waals surface area contributed by atoms with Crippen LogP contribution in [0.2, 0.25) is 0 Å². The van der Waals surface area contributed by atoms with Gasteiger partial charge in [-0.1, -0.05) is 6.08 Å². The van der Waals surface area contributed by atoms with Crippen molar-refractivity contribution in [2.24, 2.45) is 0 Å². The summed E-state index contributed by atoms with van der Waals surface area (Å²) in [7, 11) is 0. The van der Waals surface area contributed by atoms with Gasteiger partial charge in [-0.05, 0) is 37.1 Å². The summed E-state index contributed by atoms with van der Waals surface area (Å²) in [4.78, 5) is 13.7. The Morgan fingerprint density at radius 2 is 2.04 bits per heavy atom. The van der Waals surface area contributed by atoms with Crippen LogP contribution in [0.4, 0.5) is 9.18 Å². The average Bonchev–Trinajstić information content (AvgIpc) is 3.10. The molecule has 7 heteroatoms. The number of likely N-dealkylation sites (tertiary alicyclic amines) is 1. The number of carbonyl (C=O) groups is 1. The lowest BCUT2D eigenvalue weighted by atomic mass is 9.97. The second kappa shape index (κ2) is 7.25. The van der Waals surface area contributed by atoms with Crippen molar-refractivity contribution < 1.29 is 13.6 Å². The van der Waals surface area contributed by atoms with Crippen molar-refractivity contribution in [1.29, 1.82) is 0 Å². The molecule has 1 aromatic heterocycles. The standard InChI is InChI=1S/C17H19FN4O2/c1-2-9-19-17(23)22-10-7-13(8-11-22)16-21-20-15(24-16)12-3-5-14(18)6-4-12/h2-6,13H,1,7-11H2,(H,19,23). The van der Waals surface area contributed by atoms with Crippen LogP contribution in [0.1, 0.15) is 24.7 Å². The third-order valence-electron chi connectivity index (χ3n) is 4.06. The molecule has 0 spiro atoms. The fourth-order valence-electron chi connectivity index (χ4n) is 2.71. The molecule has 1 aromatic carbocycles. The molecule has 2 amide bonds. The Bertz CT molecular complexity index is 706. The summed E-state index contributed by atoms with van der Waals surface area (Å²) in [6.45, 7) is 5.32. The highest BCUT2D eigenvalue weighted by Crippen LogP contribution is 2.29. The lowest BCUT2D eigenvalue weighted by Gasteiger charge is -2.30. The Morgan fingerprint density at radius 1 is 1.33 bits per heavy atom. The van der Waals surface area contributed by atoms with Crippen LogP contribution in [0.3, 0.4) is 0 Å². The zero-order valence-corrected chi connectivity index (χ0v) is 13.2. The molecule has 2 aromatic rings. The van der Waals surface area contributed by atoms with Gasteiger partial charge >= 0.3 is 6.03 Å².